The van der Waals surface area contributed by atoms with Crippen LogP contribution in [-0.2, 0) is 20.7 Å². The van der Waals surface area contributed by atoms with E-state index in [1.165, 1.54) is 0 Å². The Kier molecular flexibility index (Phi) is 13.7. The topological polar surface area (TPSA) is 87.7 Å². The van der Waals surface area contributed by atoms with Crippen LogP contribution in [-0.4, -0.2) is 47.0 Å². The standard InChI is InChI=1S/C33H49N3O4/c1-7-9-10-17-23-36(29(27-21-15-12-16-22-27)30(37)34-25(3)18-8-2)31(38)28(24-26-19-13-11-14-20-26)35-32(39)40-33(4,5)6/h11-16,19-22,25,28-29H,7-10,17-18,23-24H2,1-6H3,(H,34,37)(H,35,39). The molecule has 0 aliphatic heterocycles. The fourth-order valence-corrected chi connectivity index (χ4v) is 4.71. The second-order valence-electron chi connectivity index (χ2n) is 11.5. The predicted octanol–water partition coefficient (Wildman–Crippen LogP) is 6.58. The monoisotopic (exact) mass is 551 g/mol. The summed E-state index contributed by atoms with van der Waals surface area (Å²) in [5.74, 6) is -0.523. The molecule has 0 aliphatic carbocycles. The lowest BCUT2D eigenvalue weighted by Crippen LogP contribution is -2.54. The summed E-state index contributed by atoms with van der Waals surface area (Å²) in [7, 11) is 0. The van der Waals surface area contributed by atoms with Crippen LogP contribution < -0.4 is 10.6 Å². The average molecular weight is 552 g/mol. The van der Waals surface area contributed by atoms with Crippen molar-refractivity contribution in [3.8, 4) is 0 Å². The Balaban J connectivity index is 2.50. The molecule has 0 saturated carbocycles. The first-order valence-electron chi connectivity index (χ1n) is 14.7. The second kappa shape index (κ2) is 16.7. The minimum absolute atomic E-state index is 0.0271. The predicted molar refractivity (Wildman–Crippen MR) is 161 cm³/mol. The molecule has 7 nitrogen and oxygen atoms in total. The number of ether oxygens (including phenoxy) is 1. The van der Waals surface area contributed by atoms with E-state index in [4.69, 9.17) is 4.74 Å². The van der Waals surface area contributed by atoms with Crippen molar-refractivity contribution in [1.82, 2.24) is 15.5 Å². The lowest BCUT2D eigenvalue weighted by Gasteiger charge is -2.35. The smallest absolute Gasteiger partial charge is 0.408 e. The molecular weight excluding hydrogens is 502 g/mol. The van der Waals surface area contributed by atoms with Gasteiger partial charge in [0.2, 0.25) is 11.8 Å². The van der Waals surface area contributed by atoms with Gasteiger partial charge in [0.1, 0.15) is 17.7 Å². The summed E-state index contributed by atoms with van der Waals surface area (Å²) in [6.07, 6.45) is 5.20. The first-order chi connectivity index (χ1) is 19.1. The number of alkyl carbamates (subject to hydrolysis) is 1. The molecule has 40 heavy (non-hydrogen) atoms. The van der Waals surface area contributed by atoms with Crippen molar-refractivity contribution < 1.29 is 19.1 Å². The van der Waals surface area contributed by atoms with Crippen molar-refractivity contribution in [2.75, 3.05) is 6.54 Å². The van der Waals surface area contributed by atoms with Gasteiger partial charge in [0, 0.05) is 19.0 Å². The van der Waals surface area contributed by atoms with Crippen LogP contribution in [0.25, 0.3) is 0 Å². The van der Waals surface area contributed by atoms with Gasteiger partial charge in [-0.1, -0.05) is 100 Å². The van der Waals surface area contributed by atoms with E-state index in [0.717, 1.165) is 49.7 Å². The molecule has 3 amide bonds. The van der Waals surface area contributed by atoms with Crippen LogP contribution in [0.15, 0.2) is 60.7 Å². The third-order valence-corrected chi connectivity index (χ3v) is 6.59. The van der Waals surface area contributed by atoms with Crippen LogP contribution in [0.3, 0.4) is 0 Å². The van der Waals surface area contributed by atoms with Gasteiger partial charge in [-0.2, -0.15) is 0 Å². The van der Waals surface area contributed by atoms with Crippen molar-refractivity contribution in [2.45, 2.75) is 110 Å². The van der Waals surface area contributed by atoms with Gasteiger partial charge in [0.15, 0.2) is 0 Å². The molecule has 0 spiro atoms. The van der Waals surface area contributed by atoms with Gasteiger partial charge in [-0.15, -0.1) is 0 Å². The third-order valence-electron chi connectivity index (χ3n) is 6.59. The number of unbranched alkanes of at least 4 members (excludes halogenated alkanes) is 3. The quantitative estimate of drug-likeness (QED) is 0.245. The van der Waals surface area contributed by atoms with E-state index in [-0.39, 0.29) is 24.3 Å². The number of nitrogens with one attached hydrogen (secondary N) is 2. The van der Waals surface area contributed by atoms with Gasteiger partial charge >= 0.3 is 6.09 Å². The van der Waals surface area contributed by atoms with Crippen LogP contribution in [0.2, 0.25) is 0 Å². The molecule has 0 fully saturated rings. The summed E-state index contributed by atoms with van der Waals surface area (Å²) in [5.41, 5.74) is 0.926. The lowest BCUT2D eigenvalue weighted by molar-refractivity contribution is -0.142. The average Bonchev–Trinajstić information content (AvgIpc) is 2.89. The maximum absolute atomic E-state index is 14.4. The van der Waals surface area contributed by atoms with E-state index in [9.17, 15) is 14.4 Å². The van der Waals surface area contributed by atoms with Gasteiger partial charge in [-0.25, -0.2) is 4.79 Å². The minimum Gasteiger partial charge on any atom is -0.444 e. The van der Waals surface area contributed by atoms with Gasteiger partial charge < -0.3 is 20.3 Å². The van der Waals surface area contributed by atoms with Gasteiger partial charge in [-0.05, 0) is 51.7 Å². The van der Waals surface area contributed by atoms with Crippen molar-refractivity contribution in [3.63, 3.8) is 0 Å². The molecule has 3 atom stereocenters. The van der Waals surface area contributed by atoms with Crippen molar-refractivity contribution in [1.29, 1.82) is 0 Å². The third kappa shape index (κ3) is 11.4. The zero-order chi connectivity index (χ0) is 29.5. The number of carbonyl (C=O) groups is 3. The maximum atomic E-state index is 14.4. The molecule has 0 radical (unpaired) electrons. The van der Waals surface area contributed by atoms with Gasteiger partial charge in [0.25, 0.3) is 0 Å². The van der Waals surface area contributed by atoms with Crippen molar-refractivity contribution >= 4 is 17.9 Å². The zero-order valence-electron chi connectivity index (χ0n) is 25.2. The Hall–Kier alpha value is -3.35. The maximum Gasteiger partial charge on any atom is 0.408 e. The number of rotatable bonds is 15. The largest absolute Gasteiger partial charge is 0.444 e. The van der Waals surface area contributed by atoms with Gasteiger partial charge in [-0.3, -0.25) is 9.59 Å². The molecule has 0 aromatic heterocycles. The van der Waals surface area contributed by atoms with E-state index in [0.29, 0.717) is 6.54 Å². The number of hydrogen-bond acceptors (Lipinski definition) is 4. The molecule has 2 rings (SSSR count). The first kappa shape index (κ1) is 32.9. The molecule has 2 aromatic carbocycles. The van der Waals surface area contributed by atoms with E-state index < -0.39 is 23.8 Å². The Labute approximate surface area is 241 Å². The van der Waals surface area contributed by atoms with Crippen molar-refractivity contribution in [3.05, 3.63) is 71.8 Å². The number of nitrogens with zero attached hydrogens (tertiary/aromatic N) is 1. The zero-order valence-corrected chi connectivity index (χ0v) is 25.2. The SMILES string of the molecule is CCCCCCN(C(=O)C(Cc1ccccc1)NC(=O)OC(C)(C)C)C(C(=O)NC(C)CCC)c1ccccc1. The molecule has 0 heterocycles. The number of hydrogen-bond donors (Lipinski definition) is 2. The van der Waals surface area contributed by atoms with E-state index in [1.54, 1.807) is 25.7 Å². The normalized spacial score (nSPS) is 13.6. The number of carbonyl (C=O) groups excluding carboxylic acids is 3. The molecular formula is C33H49N3O4. The summed E-state index contributed by atoms with van der Waals surface area (Å²) >= 11 is 0. The summed E-state index contributed by atoms with van der Waals surface area (Å²) in [4.78, 5) is 42.8. The molecule has 2 N–H and O–H groups in total. The summed E-state index contributed by atoms with van der Waals surface area (Å²) in [5, 5.41) is 5.96. The molecule has 2 aromatic rings. The highest BCUT2D eigenvalue weighted by Crippen LogP contribution is 2.25. The lowest BCUT2D eigenvalue weighted by atomic mass is 9.99. The highest BCUT2D eigenvalue weighted by molar-refractivity contribution is 5.92. The minimum atomic E-state index is -0.907. The molecule has 0 bridgehead atoms. The second-order valence-corrected chi connectivity index (χ2v) is 11.5. The fourth-order valence-electron chi connectivity index (χ4n) is 4.71. The number of amides is 3. The molecule has 220 valence electrons. The fraction of sp³-hybridized carbons (Fsp3) is 0.545. The summed E-state index contributed by atoms with van der Waals surface area (Å²) in [6, 6.07) is 17.2. The van der Waals surface area contributed by atoms with Crippen LogP contribution in [0.1, 0.15) is 97.2 Å². The summed E-state index contributed by atoms with van der Waals surface area (Å²) < 4.78 is 5.52. The molecule has 7 heteroatoms. The Morgan fingerprint density at radius 2 is 1.48 bits per heavy atom. The van der Waals surface area contributed by atoms with Crippen LogP contribution >= 0.6 is 0 Å². The van der Waals surface area contributed by atoms with Crippen LogP contribution in [0.4, 0.5) is 4.79 Å². The highest BCUT2D eigenvalue weighted by Gasteiger charge is 2.36. The van der Waals surface area contributed by atoms with Crippen molar-refractivity contribution in [2.24, 2.45) is 0 Å². The number of benzene rings is 2. The molecule has 0 saturated heterocycles. The Morgan fingerprint density at radius 1 is 0.850 bits per heavy atom. The highest BCUT2D eigenvalue weighted by atomic mass is 16.6. The van der Waals surface area contributed by atoms with Crippen LogP contribution in [0, 0.1) is 0 Å². The van der Waals surface area contributed by atoms with Gasteiger partial charge in [0.05, 0.1) is 0 Å². The first-order valence-corrected chi connectivity index (χ1v) is 14.7. The van der Waals surface area contributed by atoms with Crippen LogP contribution in [0.5, 0.6) is 0 Å². The molecule has 0 aliphatic rings. The Morgan fingerprint density at radius 3 is 2.05 bits per heavy atom. The molecule has 3 unspecified atom stereocenters. The van der Waals surface area contributed by atoms with E-state index >= 15 is 0 Å². The van der Waals surface area contributed by atoms with E-state index in [2.05, 4.69) is 24.5 Å². The Bertz CT molecular complexity index is 1040. The summed E-state index contributed by atoms with van der Waals surface area (Å²) in [6.45, 7) is 12.0. The van der Waals surface area contributed by atoms with E-state index in [1.807, 2.05) is 67.6 Å².